The lowest BCUT2D eigenvalue weighted by Gasteiger charge is -2.54. The second kappa shape index (κ2) is 17.8. The first-order chi connectivity index (χ1) is 24.0. The van der Waals surface area contributed by atoms with E-state index in [-0.39, 0.29) is 17.6 Å². The smallest absolute Gasteiger partial charge is 0.303 e. The molecule has 1 saturated heterocycles. The molecule has 0 aromatic rings. The number of rotatable bonds is 14. The van der Waals surface area contributed by atoms with Gasteiger partial charge < -0.3 is 44.5 Å². The predicted molar refractivity (Wildman–Crippen MR) is 194 cm³/mol. The van der Waals surface area contributed by atoms with Crippen molar-refractivity contribution in [3.63, 3.8) is 0 Å². The SMILES string of the molecule is CC(=O)OC(CC1C(C)=CCC(=O)C1(C)C)/C(C)=C/C(O)C/C=C(\C)CC[C@@H]1C(C)(C)C(OC2OC(CO)C(O)C(O)C2O)CC[C@@]1(C)OC(C)=O. The van der Waals surface area contributed by atoms with Crippen LogP contribution in [-0.4, -0.2) is 104 Å². The van der Waals surface area contributed by atoms with Gasteiger partial charge in [-0.1, -0.05) is 57.1 Å². The maximum Gasteiger partial charge on any atom is 0.303 e. The third-order valence-electron chi connectivity index (χ3n) is 11.9. The number of aliphatic hydroxyl groups is 5. The fourth-order valence-electron chi connectivity index (χ4n) is 8.61. The maximum absolute atomic E-state index is 12.7. The van der Waals surface area contributed by atoms with E-state index in [9.17, 15) is 39.9 Å². The molecule has 12 nitrogen and oxygen atoms in total. The first-order valence-corrected chi connectivity index (χ1v) is 18.6. The minimum absolute atomic E-state index is 0.107. The van der Waals surface area contributed by atoms with Gasteiger partial charge in [-0.3, -0.25) is 14.4 Å². The predicted octanol–water partition coefficient (Wildman–Crippen LogP) is 4.24. The average molecular weight is 737 g/mol. The Balaban J connectivity index is 1.73. The van der Waals surface area contributed by atoms with E-state index in [0.717, 1.165) is 11.1 Å². The summed E-state index contributed by atoms with van der Waals surface area (Å²) < 4.78 is 23.6. The van der Waals surface area contributed by atoms with Gasteiger partial charge in [0.1, 0.15) is 41.9 Å². The zero-order chi connectivity index (χ0) is 39.3. The molecule has 11 atom stereocenters. The fraction of sp³-hybridized carbons (Fsp3) is 0.775. The molecule has 0 bridgehead atoms. The number of hydrogen-bond donors (Lipinski definition) is 5. The number of hydrogen-bond acceptors (Lipinski definition) is 12. The number of carbonyl (C=O) groups is 3. The van der Waals surface area contributed by atoms with Crippen molar-refractivity contribution < 1.29 is 58.9 Å². The molecule has 0 aromatic carbocycles. The molecular formula is C40H64O12. The topological polar surface area (TPSA) is 189 Å². The Morgan fingerprint density at radius 3 is 2.27 bits per heavy atom. The molecule has 52 heavy (non-hydrogen) atoms. The van der Waals surface area contributed by atoms with Gasteiger partial charge in [0.2, 0.25) is 0 Å². The minimum Gasteiger partial charge on any atom is -0.459 e. The first kappa shape index (κ1) is 44.0. The van der Waals surface area contributed by atoms with E-state index in [4.69, 9.17) is 18.9 Å². The molecule has 0 spiro atoms. The van der Waals surface area contributed by atoms with Crippen LogP contribution in [0, 0.1) is 22.7 Å². The summed E-state index contributed by atoms with van der Waals surface area (Å²) in [5, 5.41) is 51.9. The molecule has 2 aliphatic carbocycles. The van der Waals surface area contributed by atoms with Crippen LogP contribution in [0.4, 0.5) is 0 Å². The zero-order valence-corrected chi connectivity index (χ0v) is 32.8. The molecule has 3 rings (SSSR count). The summed E-state index contributed by atoms with van der Waals surface area (Å²) in [6.07, 6.45) is 0.0427. The van der Waals surface area contributed by atoms with Crippen molar-refractivity contribution in [3.05, 3.63) is 34.9 Å². The monoisotopic (exact) mass is 736 g/mol. The minimum atomic E-state index is -1.56. The van der Waals surface area contributed by atoms with Crippen molar-refractivity contribution >= 4 is 17.7 Å². The van der Waals surface area contributed by atoms with Gasteiger partial charge >= 0.3 is 11.9 Å². The van der Waals surface area contributed by atoms with Crippen molar-refractivity contribution in [3.8, 4) is 0 Å². The van der Waals surface area contributed by atoms with Crippen molar-refractivity contribution in [2.75, 3.05) is 6.61 Å². The number of ether oxygens (including phenoxy) is 4. The molecule has 0 radical (unpaired) electrons. The normalized spacial score (nSPS) is 35.0. The number of Topliss-reactive ketones (excluding diaryl/α,β-unsaturated/α-hetero) is 1. The van der Waals surface area contributed by atoms with Gasteiger partial charge in [-0.2, -0.15) is 0 Å². The summed E-state index contributed by atoms with van der Waals surface area (Å²) in [5.74, 6) is -0.998. The Hall–Kier alpha value is -2.45. The summed E-state index contributed by atoms with van der Waals surface area (Å²) in [6.45, 7) is 17.8. The van der Waals surface area contributed by atoms with Crippen molar-refractivity contribution in [2.24, 2.45) is 22.7 Å². The Morgan fingerprint density at radius 2 is 1.67 bits per heavy atom. The van der Waals surface area contributed by atoms with Crippen LogP contribution >= 0.6 is 0 Å². The van der Waals surface area contributed by atoms with Crippen molar-refractivity contribution in [1.29, 1.82) is 0 Å². The number of carbonyl (C=O) groups excluding carboxylic acids is 3. The molecule has 1 saturated carbocycles. The van der Waals surface area contributed by atoms with E-state index < -0.39 is 84.0 Å². The molecule has 1 aliphatic heterocycles. The van der Waals surface area contributed by atoms with Crippen LogP contribution in [0.5, 0.6) is 0 Å². The highest BCUT2D eigenvalue weighted by Gasteiger charge is 2.55. The van der Waals surface area contributed by atoms with E-state index in [1.54, 1.807) is 6.08 Å². The molecule has 3 aliphatic rings. The van der Waals surface area contributed by atoms with E-state index in [2.05, 4.69) is 0 Å². The lowest BCUT2D eigenvalue weighted by Crippen LogP contribution is -2.62. The Bertz CT molecular complexity index is 1360. The van der Waals surface area contributed by atoms with Crippen molar-refractivity contribution in [1.82, 2.24) is 0 Å². The summed E-state index contributed by atoms with van der Waals surface area (Å²) >= 11 is 0. The van der Waals surface area contributed by atoms with Gasteiger partial charge in [0.25, 0.3) is 0 Å². The highest BCUT2D eigenvalue weighted by molar-refractivity contribution is 5.87. The van der Waals surface area contributed by atoms with Gasteiger partial charge in [0.15, 0.2) is 6.29 Å². The molecule has 2 fully saturated rings. The number of allylic oxidation sites excluding steroid dienone is 3. The molecule has 1 heterocycles. The van der Waals surface area contributed by atoms with Crippen LogP contribution in [0.3, 0.4) is 0 Å². The first-order valence-electron chi connectivity index (χ1n) is 18.6. The summed E-state index contributed by atoms with van der Waals surface area (Å²) in [6, 6.07) is 0. The van der Waals surface area contributed by atoms with E-state index in [1.807, 2.05) is 67.5 Å². The largest absolute Gasteiger partial charge is 0.459 e. The molecule has 0 aromatic heterocycles. The quantitative estimate of drug-likeness (QED) is 0.126. The molecule has 5 N–H and O–H groups in total. The van der Waals surface area contributed by atoms with Crippen LogP contribution in [0.2, 0.25) is 0 Å². The highest BCUT2D eigenvalue weighted by Crippen LogP contribution is 2.52. The van der Waals surface area contributed by atoms with E-state index in [1.165, 1.54) is 13.8 Å². The third kappa shape index (κ3) is 10.4. The summed E-state index contributed by atoms with van der Waals surface area (Å²) in [4.78, 5) is 37.0. The maximum atomic E-state index is 12.7. The number of esters is 2. The Kier molecular flexibility index (Phi) is 15.0. The Labute approximate surface area is 309 Å². The van der Waals surface area contributed by atoms with Gasteiger partial charge in [-0.15, -0.1) is 0 Å². The average Bonchev–Trinajstić information content (AvgIpc) is 3.04. The van der Waals surface area contributed by atoms with Gasteiger partial charge in [0.05, 0.1) is 18.8 Å². The second-order valence-electron chi connectivity index (χ2n) is 16.6. The van der Waals surface area contributed by atoms with E-state index >= 15 is 0 Å². The lowest BCUT2D eigenvalue weighted by molar-refractivity contribution is -0.327. The van der Waals surface area contributed by atoms with Crippen LogP contribution in [0.15, 0.2) is 34.9 Å². The number of ketones is 1. The van der Waals surface area contributed by atoms with Crippen LogP contribution < -0.4 is 0 Å². The van der Waals surface area contributed by atoms with Crippen molar-refractivity contribution in [2.45, 2.75) is 169 Å². The summed E-state index contributed by atoms with van der Waals surface area (Å²) in [7, 11) is 0. The van der Waals surface area contributed by atoms with Gasteiger partial charge in [-0.25, -0.2) is 0 Å². The van der Waals surface area contributed by atoms with Crippen LogP contribution in [0.25, 0.3) is 0 Å². The molecule has 296 valence electrons. The second-order valence-corrected chi connectivity index (χ2v) is 16.6. The molecule has 12 heteroatoms. The van der Waals surface area contributed by atoms with Crippen LogP contribution in [-0.2, 0) is 33.3 Å². The lowest BCUT2D eigenvalue weighted by atomic mass is 9.58. The summed E-state index contributed by atoms with van der Waals surface area (Å²) in [5.41, 5.74) is 0.787. The van der Waals surface area contributed by atoms with Gasteiger partial charge in [-0.05, 0) is 83.1 Å². The molecule has 0 amide bonds. The zero-order valence-electron chi connectivity index (χ0n) is 32.8. The number of aliphatic hydroxyl groups excluding tert-OH is 5. The standard InChI is InChI=1S/C40H64O12/c1-22(11-14-27(44)19-24(3)29(49-25(4)42)20-28-23(2)13-16-32(45)38(28,6)7)12-15-31-39(8,9)33(17-18-40(31,10)52-26(5)43)51-37-36(48)35(47)34(46)30(21-41)50-37/h11,13,19,27-31,33-37,41,44,46-48H,12,14-18,20-21H2,1-10H3/b22-11+,24-19+/t27?,28?,29?,30?,31-,33?,34?,35?,36?,37?,40-/m1/s1. The third-order valence-corrected chi connectivity index (χ3v) is 11.9. The highest BCUT2D eigenvalue weighted by atomic mass is 16.7. The molecule has 9 unspecified atom stereocenters. The Morgan fingerprint density at radius 1 is 1.02 bits per heavy atom. The van der Waals surface area contributed by atoms with Crippen LogP contribution in [0.1, 0.15) is 114 Å². The fourth-order valence-corrected chi connectivity index (χ4v) is 8.61. The van der Waals surface area contributed by atoms with Gasteiger partial charge in [0, 0.05) is 31.6 Å². The van der Waals surface area contributed by atoms with E-state index in [0.29, 0.717) is 50.5 Å². The molecular weight excluding hydrogens is 672 g/mol.